The molecule has 2 bridgehead atoms. The van der Waals surface area contributed by atoms with E-state index in [0.29, 0.717) is 18.1 Å². The molecule has 0 aliphatic carbocycles. The molecule has 3 saturated heterocycles. The summed E-state index contributed by atoms with van der Waals surface area (Å²) in [5.41, 5.74) is 0.787. The number of hydrogen-bond acceptors (Lipinski definition) is 3. The van der Waals surface area contributed by atoms with Gasteiger partial charge < -0.3 is 9.32 Å². The maximum absolute atomic E-state index is 12.5. The Bertz CT molecular complexity index is 685. The van der Waals surface area contributed by atoms with Crippen molar-refractivity contribution in [1.82, 2.24) is 4.90 Å². The summed E-state index contributed by atoms with van der Waals surface area (Å²) in [7, 11) is 0. The van der Waals surface area contributed by atoms with E-state index in [0.717, 1.165) is 27.9 Å². The van der Waals surface area contributed by atoms with Crippen molar-refractivity contribution in [2.75, 3.05) is 19.6 Å². The Morgan fingerprint density at radius 3 is 2.81 bits per heavy atom. The van der Waals surface area contributed by atoms with Gasteiger partial charge >= 0.3 is 0 Å². The topological polar surface area (TPSA) is 33.5 Å². The van der Waals surface area contributed by atoms with E-state index in [1.165, 1.54) is 25.9 Å². The number of Topliss-reactive ketones (excluding diaryl/α,β-unsaturated/α-hetero) is 1. The van der Waals surface area contributed by atoms with Crippen molar-refractivity contribution in [2.24, 2.45) is 11.8 Å². The Kier molecular flexibility index (Phi) is 3.38. The number of piperidine rings is 3. The Hall–Kier alpha value is -1.13. The molecule has 21 heavy (non-hydrogen) atoms. The van der Waals surface area contributed by atoms with Crippen LogP contribution >= 0.6 is 15.9 Å². The average Bonchev–Trinajstić information content (AvgIpc) is 2.91. The Morgan fingerprint density at radius 1 is 1.29 bits per heavy atom. The van der Waals surface area contributed by atoms with Crippen LogP contribution in [0, 0.1) is 11.8 Å². The first kappa shape index (κ1) is 13.5. The van der Waals surface area contributed by atoms with Crippen LogP contribution in [0.15, 0.2) is 33.2 Å². The van der Waals surface area contributed by atoms with Crippen LogP contribution < -0.4 is 0 Å². The van der Waals surface area contributed by atoms with Crippen LogP contribution in [0.25, 0.3) is 11.0 Å². The summed E-state index contributed by atoms with van der Waals surface area (Å²) >= 11 is 3.45. The third-order valence-corrected chi connectivity index (χ3v) is 5.49. The zero-order valence-corrected chi connectivity index (χ0v) is 13.4. The summed E-state index contributed by atoms with van der Waals surface area (Å²) in [6.45, 7) is 3.52. The van der Waals surface area contributed by atoms with Gasteiger partial charge in [-0.1, -0.05) is 15.9 Å². The summed E-state index contributed by atoms with van der Waals surface area (Å²) in [5.74, 6) is 1.91. The van der Waals surface area contributed by atoms with Gasteiger partial charge in [0.1, 0.15) is 5.58 Å². The number of rotatable bonds is 3. The van der Waals surface area contributed by atoms with Crippen LogP contribution in [0.1, 0.15) is 29.8 Å². The molecule has 0 saturated carbocycles. The number of ketones is 1. The van der Waals surface area contributed by atoms with Crippen molar-refractivity contribution in [3.8, 4) is 0 Å². The lowest BCUT2D eigenvalue weighted by molar-refractivity contribution is 0.0433. The van der Waals surface area contributed by atoms with Crippen molar-refractivity contribution in [1.29, 1.82) is 0 Å². The second kappa shape index (κ2) is 5.25. The molecule has 0 radical (unpaired) electrons. The Balaban J connectivity index is 1.53. The van der Waals surface area contributed by atoms with Gasteiger partial charge in [0.05, 0.1) is 0 Å². The van der Waals surface area contributed by atoms with E-state index in [2.05, 4.69) is 20.8 Å². The largest absolute Gasteiger partial charge is 0.453 e. The molecule has 1 aromatic carbocycles. The first-order valence-corrected chi connectivity index (χ1v) is 8.43. The highest BCUT2D eigenvalue weighted by Crippen LogP contribution is 2.35. The normalized spacial score (nSPS) is 28.1. The Labute approximate surface area is 132 Å². The van der Waals surface area contributed by atoms with E-state index in [1.54, 1.807) is 0 Å². The summed E-state index contributed by atoms with van der Waals surface area (Å²) in [4.78, 5) is 15.0. The number of carbonyl (C=O) groups is 1. The number of carbonyl (C=O) groups excluding carboxylic acids is 1. The van der Waals surface area contributed by atoms with Crippen LogP contribution in [0.4, 0.5) is 0 Å². The minimum atomic E-state index is 0.154. The predicted molar refractivity (Wildman–Crippen MR) is 85.5 cm³/mol. The van der Waals surface area contributed by atoms with Crippen molar-refractivity contribution in [3.05, 3.63) is 34.5 Å². The van der Waals surface area contributed by atoms with E-state index in [9.17, 15) is 4.79 Å². The quantitative estimate of drug-likeness (QED) is 0.783. The first-order valence-electron chi connectivity index (χ1n) is 7.64. The minimum Gasteiger partial charge on any atom is -0.453 e. The van der Waals surface area contributed by atoms with Gasteiger partial charge in [-0.25, -0.2) is 0 Å². The maximum Gasteiger partial charge on any atom is 0.198 e. The number of halogens is 1. The summed E-state index contributed by atoms with van der Waals surface area (Å²) in [5, 5.41) is 0.988. The molecule has 2 aromatic rings. The highest BCUT2D eigenvalue weighted by molar-refractivity contribution is 9.10. The molecule has 3 nitrogen and oxygen atoms in total. The number of fused-ring (bicyclic) bond motifs is 4. The van der Waals surface area contributed by atoms with Crippen LogP contribution in [0.5, 0.6) is 0 Å². The standard InChI is InChI=1S/C17H18BrNO2/c18-14-1-2-16-12(7-14)9-17(21-16)15(20)8-13-10-19-5-3-11(13)4-6-19/h1-2,7,9,11,13H,3-6,8,10H2/t13-/m0/s1. The molecule has 0 spiro atoms. The molecule has 3 aliphatic heterocycles. The van der Waals surface area contributed by atoms with Crippen LogP contribution in [-0.2, 0) is 0 Å². The van der Waals surface area contributed by atoms with Gasteiger partial charge in [-0.3, -0.25) is 4.79 Å². The molecule has 5 rings (SSSR count). The fourth-order valence-corrected chi connectivity index (χ4v) is 4.19. The lowest BCUT2D eigenvalue weighted by Crippen LogP contribution is -2.47. The number of hydrogen-bond donors (Lipinski definition) is 0. The van der Waals surface area contributed by atoms with Crippen molar-refractivity contribution < 1.29 is 9.21 Å². The van der Waals surface area contributed by atoms with E-state index >= 15 is 0 Å². The van der Waals surface area contributed by atoms with Gasteiger partial charge in [-0.05, 0) is 62.0 Å². The van der Waals surface area contributed by atoms with Crippen LogP contribution in [0.2, 0.25) is 0 Å². The van der Waals surface area contributed by atoms with Crippen LogP contribution in [-0.4, -0.2) is 30.3 Å². The van der Waals surface area contributed by atoms with E-state index in [-0.39, 0.29) is 5.78 Å². The lowest BCUT2D eigenvalue weighted by Gasteiger charge is -2.44. The number of nitrogens with zero attached hydrogens (tertiary/aromatic N) is 1. The summed E-state index contributed by atoms with van der Waals surface area (Å²) in [6.07, 6.45) is 3.14. The SMILES string of the molecule is O=C(C[C@H]1CN2CCC1CC2)c1cc2cc(Br)ccc2o1. The highest BCUT2D eigenvalue weighted by Gasteiger charge is 2.35. The molecule has 0 unspecified atom stereocenters. The number of benzene rings is 1. The highest BCUT2D eigenvalue weighted by atomic mass is 79.9. The summed E-state index contributed by atoms with van der Waals surface area (Å²) in [6, 6.07) is 7.71. The monoisotopic (exact) mass is 347 g/mol. The maximum atomic E-state index is 12.5. The second-order valence-corrected chi connectivity index (χ2v) is 7.23. The van der Waals surface area contributed by atoms with E-state index < -0.39 is 0 Å². The van der Waals surface area contributed by atoms with Crippen molar-refractivity contribution >= 4 is 32.7 Å². The Morgan fingerprint density at radius 2 is 2.10 bits per heavy atom. The van der Waals surface area contributed by atoms with Gasteiger partial charge in [0.25, 0.3) is 0 Å². The second-order valence-electron chi connectivity index (χ2n) is 6.32. The van der Waals surface area contributed by atoms with Gasteiger partial charge in [0, 0.05) is 22.8 Å². The van der Waals surface area contributed by atoms with Gasteiger partial charge in [0.2, 0.25) is 0 Å². The fourth-order valence-electron chi connectivity index (χ4n) is 3.81. The molecular formula is C17H18BrNO2. The average molecular weight is 348 g/mol. The summed E-state index contributed by atoms with van der Waals surface area (Å²) < 4.78 is 6.73. The van der Waals surface area contributed by atoms with Crippen LogP contribution in [0.3, 0.4) is 0 Å². The molecule has 1 aromatic heterocycles. The molecular weight excluding hydrogens is 330 g/mol. The zero-order valence-electron chi connectivity index (χ0n) is 11.8. The molecule has 4 heterocycles. The zero-order chi connectivity index (χ0) is 14.4. The van der Waals surface area contributed by atoms with E-state index in [1.807, 2.05) is 24.3 Å². The van der Waals surface area contributed by atoms with Gasteiger partial charge in [-0.2, -0.15) is 0 Å². The molecule has 3 aliphatic rings. The first-order chi connectivity index (χ1) is 10.2. The molecule has 4 heteroatoms. The van der Waals surface area contributed by atoms with Gasteiger partial charge in [0.15, 0.2) is 11.5 Å². The molecule has 0 amide bonds. The predicted octanol–water partition coefficient (Wildman–Crippen LogP) is 4.11. The number of furan rings is 1. The lowest BCUT2D eigenvalue weighted by atomic mass is 9.76. The van der Waals surface area contributed by atoms with E-state index in [4.69, 9.17) is 4.42 Å². The molecule has 0 N–H and O–H groups in total. The van der Waals surface area contributed by atoms with Crippen molar-refractivity contribution in [3.63, 3.8) is 0 Å². The molecule has 110 valence electrons. The van der Waals surface area contributed by atoms with Gasteiger partial charge in [-0.15, -0.1) is 0 Å². The molecule has 1 atom stereocenters. The third-order valence-electron chi connectivity index (χ3n) is 4.99. The molecule has 3 fully saturated rings. The van der Waals surface area contributed by atoms with Crippen molar-refractivity contribution in [2.45, 2.75) is 19.3 Å². The fraction of sp³-hybridized carbons (Fsp3) is 0.471. The third kappa shape index (κ3) is 2.55. The minimum absolute atomic E-state index is 0.154. The smallest absolute Gasteiger partial charge is 0.198 e.